The van der Waals surface area contributed by atoms with Gasteiger partial charge in [0.2, 0.25) is 0 Å². The fraction of sp³-hybridized carbons (Fsp3) is 0. The van der Waals surface area contributed by atoms with Gasteiger partial charge in [-0.3, -0.25) is 0 Å². The monoisotopic (exact) mass is 383 g/mol. The molecule has 8 heteroatoms. The lowest BCUT2D eigenvalue weighted by atomic mass is 10.0. The van der Waals surface area contributed by atoms with Crippen LogP contribution in [0.15, 0.2) is 48.5 Å². The van der Waals surface area contributed by atoms with Gasteiger partial charge in [-0.2, -0.15) is 0 Å². The molecule has 0 atom stereocenters. The average molecular weight is 383 g/mol. The van der Waals surface area contributed by atoms with Crippen molar-refractivity contribution in [3.05, 3.63) is 71.3 Å². The second-order valence-electron chi connectivity index (χ2n) is 6.07. The van der Waals surface area contributed by atoms with Gasteiger partial charge in [0.25, 0.3) is 0 Å². The molecular weight excluding hydrogens is 372 g/mol. The molecule has 4 rings (SSSR count). The second kappa shape index (κ2) is 6.34. The Labute approximate surface area is 156 Å². The molecule has 0 radical (unpaired) electrons. The van der Waals surface area contributed by atoms with Gasteiger partial charge in [0.1, 0.15) is 0 Å². The fourth-order valence-electron chi connectivity index (χ4n) is 2.94. The number of anilines is 2. The maximum atomic E-state index is 13.5. The van der Waals surface area contributed by atoms with Gasteiger partial charge in [0.15, 0.2) is 23.1 Å². The van der Waals surface area contributed by atoms with Crippen molar-refractivity contribution in [3.8, 4) is 22.6 Å². The van der Waals surface area contributed by atoms with E-state index in [-0.39, 0.29) is 28.3 Å². The van der Waals surface area contributed by atoms with Crippen molar-refractivity contribution >= 4 is 23.3 Å². The van der Waals surface area contributed by atoms with Gasteiger partial charge in [-0.25, -0.2) is 18.4 Å². The SMILES string of the molecule is O=C(O)c1cc2c(c(C(=O)O)c1)Nc1ccc(-c3ccc(F)c(F)c3)cc1O2. The first-order valence-electron chi connectivity index (χ1n) is 8.02. The zero-order chi connectivity index (χ0) is 20.0. The molecule has 0 bridgehead atoms. The number of rotatable bonds is 3. The normalized spacial score (nSPS) is 11.6. The Morgan fingerprint density at radius 1 is 0.821 bits per heavy atom. The number of ether oxygens (including phenoxy) is 1. The van der Waals surface area contributed by atoms with Gasteiger partial charge in [0, 0.05) is 0 Å². The van der Waals surface area contributed by atoms with Crippen molar-refractivity contribution in [2.45, 2.75) is 0 Å². The number of fused-ring (bicyclic) bond motifs is 2. The molecule has 140 valence electrons. The molecule has 0 saturated carbocycles. The summed E-state index contributed by atoms with van der Waals surface area (Å²) in [5, 5.41) is 21.5. The van der Waals surface area contributed by atoms with Crippen LogP contribution in [0, 0.1) is 11.6 Å². The van der Waals surface area contributed by atoms with Gasteiger partial charge in [0.05, 0.1) is 22.5 Å². The Hall–Kier alpha value is -3.94. The van der Waals surface area contributed by atoms with Crippen LogP contribution in [0.1, 0.15) is 20.7 Å². The van der Waals surface area contributed by atoms with E-state index < -0.39 is 23.6 Å². The van der Waals surface area contributed by atoms with Crippen molar-refractivity contribution in [1.29, 1.82) is 0 Å². The second-order valence-corrected chi connectivity index (χ2v) is 6.07. The molecule has 3 aromatic carbocycles. The average Bonchev–Trinajstić information content (AvgIpc) is 2.67. The topological polar surface area (TPSA) is 95.9 Å². The maximum absolute atomic E-state index is 13.5. The third kappa shape index (κ3) is 2.90. The number of hydrogen-bond acceptors (Lipinski definition) is 4. The van der Waals surface area contributed by atoms with Crippen LogP contribution < -0.4 is 10.1 Å². The number of carbonyl (C=O) groups is 2. The van der Waals surface area contributed by atoms with E-state index in [0.717, 1.165) is 18.2 Å². The number of carboxylic acids is 2. The van der Waals surface area contributed by atoms with Crippen molar-refractivity contribution in [2.24, 2.45) is 0 Å². The highest BCUT2D eigenvalue weighted by Crippen LogP contribution is 2.45. The van der Waals surface area contributed by atoms with E-state index in [1.54, 1.807) is 18.2 Å². The molecule has 0 spiro atoms. The highest BCUT2D eigenvalue weighted by Gasteiger charge is 2.25. The Balaban J connectivity index is 1.79. The number of carboxylic acid groups (broad SMARTS) is 2. The summed E-state index contributed by atoms with van der Waals surface area (Å²) in [6, 6.07) is 10.5. The van der Waals surface area contributed by atoms with Crippen LogP contribution in [0.4, 0.5) is 20.2 Å². The van der Waals surface area contributed by atoms with Crippen LogP contribution in [-0.2, 0) is 0 Å². The quantitative estimate of drug-likeness (QED) is 0.467. The number of hydrogen-bond donors (Lipinski definition) is 3. The van der Waals surface area contributed by atoms with Crippen LogP contribution >= 0.6 is 0 Å². The number of benzene rings is 3. The highest BCUT2D eigenvalue weighted by molar-refractivity contribution is 6.02. The van der Waals surface area contributed by atoms with Crippen molar-refractivity contribution in [1.82, 2.24) is 0 Å². The molecule has 0 unspecified atom stereocenters. The summed E-state index contributed by atoms with van der Waals surface area (Å²) in [6.45, 7) is 0. The minimum Gasteiger partial charge on any atom is -0.478 e. The lowest BCUT2D eigenvalue weighted by molar-refractivity contribution is 0.0696. The Kier molecular flexibility index (Phi) is 3.96. The van der Waals surface area contributed by atoms with Crippen LogP contribution in [-0.4, -0.2) is 22.2 Å². The molecule has 3 aromatic rings. The van der Waals surface area contributed by atoms with Crippen molar-refractivity contribution < 1.29 is 33.3 Å². The lowest BCUT2D eigenvalue weighted by Gasteiger charge is -2.24. The molecule has 0 aromatic heterocycles. The Morgan fingerprint density at radius 2 is 1.54 bits per heavy atom. The first-order chi connectivity index (χ1) is 13.3. The van der Waals surface area contributed by atoms with Gasteiger partial charge >= 0.3 is 11.9 Å². The third-order valence-electron chi connectivity index (χ3n) is 4.29. The highest BCUT2D eigenvalue weighted by atomic mass is 19.2. The van der Waals surface area contributed by atoms with Crippen molar-refractivity contribution in [3.63, 3.8) is 0 Å². The predicted molar refractivity (Wildman–Crippen MR) is 95.5 cm³/mol. The Morgan fingerprint density at radius 3 is 2.21 bits per heavy atom. The van der Waals surface area contributed by atoms with Gasteiger partial charge in [-0.05, 0) is 47.5 Å². The summed E-state index contributed by atoms with van der Waals surface area (Å²) < 4.78 is 32.4. The zero-order valence-corrected chi connectivity index (χ0v) is 14.0. The number of halogens is 2. The molecule has 0 amide bonds. The summed E-state index contributed by atoms with van der Waals surface area (Å²) in [7, 11) is 0. The van der Waals surface area contributed by atoms with E-state index in [4.69, 9.17) is 4.74 Å². The lowest BCUT2D eigenvalue weighted by Crippen LogP contribution is -2.11. The van der Waals surface area contributed by atoms with Crippen LogP contribution in [0.5, 0.6) is 11.5 Å². The summed E-state index contributed by atoms with van der Waals surface area (Å²) in [4.78, 5) is 22.8. The molecule has 1 aliphatic rings. The van der Waals surface area contributed by atoms with Gasteiger partial charge in [-0.15, -0.1) is 0 Å². The smallest absolute Gasteiger partial charge is 0.337 e. The standard InChI is InChI=1S/C20H11F2NO5/c21-13-3-1-9(6-14(13)22)10-2-4-15-16(7-10)28-17-8-11(19(24)25)5-12(20(26)27)18(17)23-15/h1-8,23H,(H,24,25)(H,26,27). The zero-order valence-electron chi connectivity index (χ0n) is 14.0. The molecule has 1 heterocycles. The summed E-state index contributed by atoms with van der Waals surface area (Å²) >= 11 is 0. The molecule has 0 saturated heterocycles. The first kappa shape index (κ1) is 17.5. The first-order valence-corrected chi connectivity index (χ1v) is 8.02. The number of nitrogens with one attached hydrogen (secondary N) is 1. The summed E-state index contributed by atoms with van der Waals surface area (Å²) in [6.07, 6.45) is 0. The molecule has 0 aliphatic carbocycles. The minimum absolute atomic E-state index is 0.0345. The largest absolute Gasteiger partial charge is 0.478 e. The van der Waals surface area contributed by atoms with E-state index >= 15 is 0 Å². The maximum Gasteiger partial charge on any atom is 0.337 e. The molecule has 28 heavy (non-hydrogen) atoms. The molecule has 3 N–H and O–H groups in total. The molecule has 0 fully saturated rings. The summed E-state index contributed by atoms with van der Waals surface area (Å²) in [5.74, 6) is -4.24. The fourth-order valence-corrected chi connectivity index (χ4v) is 2.94. The van der Waals surface area contributed by atoms with Crippen LogP contribution in [0.25, 0.3) is 11.1 Å². The van der Waals surface area contributed by atoms with E-state index in [9.17, 15) is 28.6 Å². The summed E-state index contributed by atoms with van der Waals surface area (Å²) in [5.41, 5.74) is 1.05. The van der Waals surface area contributed by atoms with Gasteiger partial charge < -0.3 is 20.3 Å². The van der Waals surface area contributed by atoms with E-state index in [1.807, 2.05) is 0 Å². The Bertz CT molecular complexity index is 1160. The predicted octanol–water partition coefficient (Wildman–Crippen LogP) is 4.88. The van der Waals surface area contributed by atoms with E-state index in [2.05, 4.69) is 5.32 Å². The van der Waals surface area contributed by atoms with E-state index in [0.29, 0.717) is 16.8 Å². The third-order valence-corrected chi connectivity index (χ3v) is 4.29. The molecule has 1 aliphatic heterocycles. The molecular formula is C20H11F2NO5. The number of aromatic carboxylic acids is 2. The van der Waals surface area contributed by atoms with Crippen molar-refractivity contribution in [2.75, 3.05) is 5.32 Å². The van der Waals surface area contributed by atoms with Crippen LogP contribution in [0.2, 0.25) is 0 Å². The molecule has 6 nitrogen and oxygen atoms in total. The van der Waals surface area contributed by atoms with E-state index in [1.165, 1.54) is 12.1 Å². The van der Waals surface area contributed by atoms with Gasteiger partial charge in [-0.1, -0.05) is 12.1 Å². The van der Waals surface area contributed by atoms with Crippen LogP contribution in [0.3, 0.4) is 0 Å². The minimum atomic E-state index is -1.31.